The van der Waals surface area contributed by atoms with Crippen molar-refractivity contribution in [2.24, 2.45) is 5.92 Å². The molecule has 0 bridgehead atoms. The van der Waals surface area contributed by atoms with E-state index in [0.717, 1.165) is 12.8 Å². The maximum Gasteiger partial charge on any atom is 0.245 e. The molecule has 2 heterocycles. The average Bonchev–Trinajstić information content (AvgIpc) is 2.74. The van der Waals surface area contributed by atoms with Gasteiger partial charge in [0.2, 0.25) is 11.8 Å². The van der Waals surface area contributed by atoms with Crippen LogP contribution < -0.4 is 5.32 Å². The van der Waals surface area contributed by atoms with Gasteiger partial charge in [0, 0.05) is 25.8 Å². The molecule has 2 aliphatic heterocycles. The van der Waals surface area contributed by atoms with Gasteiger partial charge in [0.1, 0.15) is 15.9 Å². The van der Waals surface area contributed by atoms with Crippen LogP contribution >= 0.6 is 0 Å². The maximum absolute atomic E-state index is 12.1. The predicted molar refractivity (Wildman–Crippen MR) is 70.2 cm³/mol. The summed E-state index contributed by atoms with van der Waals surface area (Å²) in [5.41, 5.74) is 0. The van der Waals surface area contributed by atoms with Crippen LogP contribution in [0.25, 0.3) is 0 Å². The van der Waals surface area contributed by atoms with Crippen molar-refractivity contribution in [1.82, 2.24) is 10.2 Å². The van der Waals surface area contributed by atoms with Crippen molar-refractivity contribution in [2.75, 3.05) is 25.1 Å². The predicted octanol–water partition coefficient (Wildman–Crippen LogP) is -0.452. The van der Waals surface area contributed by atoms with Crippen LogP contribution in [0.15, 0.2) is 0 Å². The van der Waals surface area contributed by atoms with Crippen molar-refractivity contribution in [1.29, 1.82) is 0 Å². The fourth-order valence-electron chi connectivity index (χ4n) is 2.77. The number of amides is 2. The molecule has 0 radical (unpaired) electrons. The van der Waals surface area contributed by atoms with Gasteiger partial charge in [-0.2, -0.15) is 0 Å². The second-order valence-corrected chi connectivity index (χ2v) is 7.70. The molecule has 2 fully saturated rings. The molecule has 7 heteroatoms. The van der Waals surface area contributed by atoms with Crippen molar-refractivity contribution in [2.45, 2.75) is 31.7 Å². The molecule has 1 unspecified atom stereocenters. The van der Waals surface area contributed by atoms with Gasteiger partial charge in [-0.15, -0.1) is 0 Å². The lowest BCUT2D eigenvalue weighted by Crippen LogP contribution is -2.48. The molecule has 19 heavy (non-hydrogen) atoms. The highest BCUT2D eigenvalue weighted by molar-refractivity contribution is 7.90. The summed E-state index contributed by atoms with van der Waals surface area (Å²) in [6.07, 6.45) is 3.68. The second kappa shape index (κ2) is 5.48. The Labute approximate surface area is 113 Å². The molecule has 0 aromatic rings. The average molecular weight is 288 g/mol. The number of piperidine rings is 1. The summed E-state index contributed by atoms with van der Waals surface area (Å²) >= 11 is 0. The monoisotopic (exact) mass is 288 g/mol. The van der Waals surface area contributed by atoms with Crippen LogP contribution in [0.1, 0.15) is 25.7 Å². The first kappa shape index (κ1) is 14.3. The normalized spacial score (nSPS) is 25.4. The van der Waals surface area contributed by atoms with E-state index in [1.54, 1.807) is 4.90 Å². The zero-order valence-electron chi connectivity index (χ0n) is 11.1. The highest BCUT2D eigenvalue weighted by Gasteiger charge is 2.33. The van der Waals surface area contributed by atoms with E-state index in [1.807, 2.05) is 0 Å². The van der Waals surface area contributed by atoms with Crippen LogP contribution in [-0.2, 0) is 19.4 Å². The van der Waals surface area contributed by atoms with E-state index >= 15 is 0 Å². The number of likely N-dealkylation sites (tertiary alicyclic amines) is 1. The molecule has 6 nitrogen and oxygen atoms in total. The number of hydrogen-bond acceptors (Lipinski definition) is 4. The molecule has 2 aliphatic rings. The quantitative estimate of drug-likeness (QED) is 0.762. The Balaban J connectivity index is 1.83. The van der Waals surface area contributed by atoms with Gasteiger partial charge < -0.3 is 10.2 Å². The first-order chi connectivity index (χ1) is 8.85. The fourth-order valence-corrected chi connectivity index (χ4v) is 3.96. The molecule has 1 N–H and O–H groups in total. The fraction of sp³-hybridized carbons (Fsp3) is 0.833. The third kappa shape index (κ3) is 3.92. The molecule has 1 atom stereocenters. The van der Waals surface area contributed by atoms with Crippen LogP contribution in [-0.4, -0.2) is 56.3 Å². The number of hydrogen-bond donors (Lipinski definition) is 1. The minimum Gasteiger partial charge on any atom is -0.344 e. The smallest absolute Gasteiger partial charge is 0.245 e. The summed E-state index contributed by atoms with van der Waals surface area (Å²) in [7, 11) is -2.94. The molecule has 0 aromatic heterocycles. The first-order valence-electron chi connectivity index (χ1n) is 6.61. The van der Waals surface area contributed by atoms with E-state index in [2.05, 4.69) is 5.32 Å². The molecule has 108 valence electrons. The Bertz CT molecular complexity index is 466. The Kier molecular flexibility index (Phi) is 4.13. The van der Waals surface area contributed by atoms with Crippen LogP contribution in [0.2, 0.25) is 0 Å². The van der Waals surface area contributed by atoms with E-state index in [-0.39, 0.29) is 29.5 Å². The van der Waals surface area contributed by atoms with Gasteiger partial charge in [0.05, 0.1) is 5.75 Å². The highest BCUT2D eigenvalue weighted by atomic mass is 32.2. The second-order valence-electron chi connectivity index (χ2n) is 5.52. The number of rotatable bonds is 3. The Morgan fingerprint density at radius 1 is 1.32 bits per heavy atom. The SMILES string of the molecule is CS(=O)(=O)CC1CCN(C(=O)C2CCC(=O)N2)CC1. The standard InChI is InChI=1S/C12H20N2O4S/c1-19(17,18)8-9-4-6-14(7-5-9)12(16)10-2-3-11(15)13-10/h9-10H,2-8H2,1H3,(H,13,15). The Morgan fingerprint density at radius 3 is 2.42 bits per heavy atom. The molecule has 0 spiro atoms. The largest absolute Gasteiger partial charge is 0.344 e. The van der Waals surface area contributed by atoms with E-state index in [4.69, 9.17) is 0 Å². The van der Waals surface area contributed by atoms with Gasteiger partial charge in [-0.05, 0) is 25.2 Å². The zero-order valence-corrected chi connectivity index (χ0v) is 11.9. The number of carbonyl (C=O) groups is 2. The van der Waals surface area contributed by atoms with E-state index < -0.39 is 9.84 Å². The topological polar surface area (TPSA) is 83.6 Å². The Hall–Kier alpha value is -1.11. The minimum atomic E-state index is -2.94. The summed E-state index contributed by atoms with van der Waals surface area (Å²) in [5, 5.41) is 2.67. The van der Waals surface area contributed by atoms with Crippen molar-refractivity contribution in [3.05, 3.63) is 0 Å². The van der Waals surface area contributed by atoms with Crippen LogP contribution in [0.3, 0.4) is 0 Å². The van der Waals surface area contributed by atoms with Crippen LogP contribution in [0, 0.1) is 5.92 Å². The Morgan fingerprint density at radius 2 is 1.95 bits per heavy atom. The molecule has 0 saturated carbocycles. The van der Waals surface area contributed by atoms with Crippen molar-refractivity contribution in [3.8, 4) is 0 Å². The number of nitrogens with one attached hydrogen (secondary N) is 1. The highest BCUT2D eigenvalue weighted by Crippen LogP contribution is 2.20. The van der Waals surface area contributed by atoms with Crippen molar-refractivity contribution < 1.29 is 18.0 Å². The number of nitrogens with zero attached hydrogens (tertiary/aromatic N) is 1. The molecule has 2 rings (SSSR count). The van der Waals surface area contributed by atoms with Crippen molar-refractivity contribution >= 4 is 21.7 Å². The number of carbonyl (C=O) groups excluding carboxylic acids is 2. The number of sulfone groups is 1. The molecular formula is C12H20N2O4S. The third-order valence-electron chi connectivity index (χ3n) is 3.76. The van der Waals surface area contributed by atoms with E-state index in [0.29, 0.717) is 25.9 Å². The minimum absolute atomic E-state index is 0.0244. The molecule has 2 saturated heterocycles. The van der Waals surface area contributed by atoms with Crippen LogP contribution in [0.4, 0.5) is 0 Å². The maximum atomic E-state index is 12.1. The van der Waals surface area contributed by atoms with Gasteiger partial charge in [0.25, 0.3) is 0 Å². The van der Waals surface area contributed by atoms with Crippen molar-refractivity contribution in [3.63, 3.8) is 0 Å². The van der Waals surface area contributed by atoms with E-state index in [1.165, 1.54) is 6.26 Å². The first-order valence-corrected chi connectivity index (χ1v) is 8.67. The summed E-state index contributed by atoms with van der Waals surface area (Å²) < 4.78 is 22.5. The van der Waals surface area contributed by atoms with Gasteiger partial charge >= 0.3 is 0 Å². The third-order valence-corrected chi connectivity index (χ3v) is 4.83. The summed E-state index contributed by atoms with van der Waals surface area (Å²) in [6, 6.07) is -0.376. The molecular weight excluding hydrogens is 268 g/mol. The molecule has 2 amide bonds. The van der Waals surface area contributed by atoms with Gasteiger partial charge in [-0.25, -0.2) is 8.42 Å². The lowest BCUT2D eigenvalue weighted by atomic mass is 9.98. The van der Waals surface area contributed by atoms with Gasteiger partial charge in [-0.1, -0.05) is 0 Å². The zero-order chi connectivity index (χ0) is 14.0. The van der Waals surface area contributed by atoms with Gasteiger partial charge in [0.15, 0.2) is 0 Å². The summed E-state index contributed by atoms with van der Waals surface area (Å²) in [6.45, 7) is 1.18. The summed E-state index contributed by atoms with van der Waals surface area (Å²) in [4.78, 5) is 25.0. The molecule has 0 aliphatic carbocycles. The van der Waals surface area contributed by atoms with E-state index in [9.17, 15) is 18.0 Å². The lowest BCUT2D eigenvalue weighted by Gasteiger charge is -2.33. The molecule has 0 aromatic carbocycles. The van der Waals surface area contributed by atoms with Crippen LogP contribution in [0.5, 0.6) is 0 Å². The lowest BCUT2D eigenvalue weighted by molar-refractivity contribution is -0.135. The summed E-state index contributed by atoms with van der Waals surface area (Å²) in [5.74, 6) is 0.265. The van der Waals surface area contributed by atoms with Gasteiger partial charge in [-0.3, -0.25) is 9.59 Å².